The number of aryl methyl sites for hydroxylation is 2. The van der Waals surface area contributed by atoms with Gasteiger partial charge in [0, 0.05) is 5.38 Å². The molecular formula is C16H18N2O2S2. The van der Waals surface area contributed by atoms with Crippen molar-refractivity contribution in [1.29, 1.82) is 0 Å². The average molecular weight is 334 g/mol. The van der Waals surface area contributed by atoms with Crippen LogP contribution in [0.3, 0.4) is 0 Å². The zero-order chi connectivity index (χ0) is 15.7. The molecule has 1 saturated heterocycles. The number of carbonyl (C=O) groups is 1. The Kier molecular flexibility index (Phi) is 4.40. The lowest BCUT2D eigenvalue weighted by Gasteiger charge is -2.39. The number of carbonyl (C=O) groups excluding carboxylic acids is 1. The predicted molar refractivity (Wildman–Crippen MR) is 90.1 cm³/mol. The highest BCUT2D eigenvalue weighted by Gasteiger charge is 2.34. The summed E-state index contributed by atoms with van der Waals surface area (Å²) in [5.41, 5.74) is 2.81. The van der Waals surface area contributed by atoms with Crippen LogP contribution < -0.4 is 4.74 Å². The molecule has 1 amide bonds. The third kappa shape index (κ3) is 2.98. The monoisotopic (exact) mass is 334 g/mol. The Morgan fingerprint density at radius 1 is 1.36 bits per heavy atom. The molecule has 22 heavy (non-hydrogen) atoms. The summed E-state index contributed by atoms with van der Waals surface area (Å²) >= 11 is 3.07. The molecule has 1 aliphatic heterocycles. The molecule has 2 heterocycles. The number of amides is 1. The Bertz CT molecular complexity index is 673. The number of benzene rings is 1. The minimum absolute atomic E-state index is 0.00194. The molecule has 1 aromatic carbocycles. The maximum Gasteiger partial charge on any atom is 0.273 e. The molecule has 6 heteroatoms. The van der Waals surface area contributed by atoms with Gasteiger partial charge in [-0.15, -0.1) is 11.3 Å². The number of ether oxygens (including phenoxy) is 1. The van der Waals surface area contributed by atoms with Crippen LogP contribution in [-0.4, -0.2) is 41.2 Å². The molecular weight excluding hydrogens is 316 g/mol. The summed E-state index contributed by atoms with van der Waals surface area (Å²) in [6.45, 7) is 5.34. The smallest absolute Gasteiger partial charge is 0.273 e. The molecule has 4 nitrogen and oxygen atoms in total. The maximum atomic E-state index is 12.3. The van der Waals surface area contributed by atoms with Crippen LogP contribution in [0.2, 0.25) is 0 Å². The first-order chi connectivity index (χ1) is 10.6. The molecule has 0 atom stereocenters. The third-order valence-electron chi connectivity index (χ3n) is 3.71. The summed E-state index contributed by atoms with van der Waals surface area (Å²) in [6.07, 6.45) is 2.04. The molecule has 0 bridgehead atoms. The predicted octanol–water partition coefficient (Wildman–Crippen LogP) is 3.39. The topological polar surface area (TPSA) is 42.4 Å². The number of rotatable bonds is 4. The van der Waals surface area contributed by atoms with Gasteiger partial charge in [-0.3, -0.25) is 4.79 Å². The van der Waals surface area contributed by atoms with Crippen molar-refractivity contribution in [3.8, 4) is 5.75 Å². The summed E-state index contributed by atoms with van der Waals surface area (Å²) in [5.74, 6) is 0.941. The van der Waals surface area contributed by atoms with Gasteiger partial charge in [0.2, 0.25) is 0 Å². The van der Waals surface area contributed by atoms with Crippen LogP contribution in [0.1, 0.15) is 21.6 Å². The van der Waals surface area contributed by atoms with Crippen LogP contribution in [0.25, 0.3) is 0 Å². The highest BCUT2D eigenvalue weighted by molar-refractivity contribution is 8.00. The quantitative estimate of drug-likeness (QED) is 0.804. The molecule has 3 rings (SSSR count). The van der Waals surface area contributed by atoms with Crippen LogP contribution in [-0.2, 0) is 0 Å². The van der Waals surface area contributed by atoms with E-state index in [1.807, 2.05) is 43.7 Å². The molecule has 0 radical (unpaired) electrons. The molecule has 116 valence electrons. The fourth-order valence-electron chi connectivity index (χ4n) is 2.44. The molecule has 0 unspecified atom stereocenters. The van der Waals surface area contributed by atoms with Crippen molar-refractivity contribution in [2.45, 2.75) is 24.3 Å². The summed E-state index contributed by atoms with van der Waals surface area (Å²) in [4.78, 5) is 18.4. The first kappa shape index (κ1) is 15.4. The van der Waals surface area contributed by atoms with Gasteiger partial charge in [0.05, 0.1) is 13.1 Å². The van der Waals surface area contributed by atoms with Crippen molar-refractivity contribution in [3.63, 3.8) is 0 Å². The number of hydrogen-bond donors (Lipinski definition) is 0. The first-order valence-corrected chi connectivity index (χ1v) is 9.20. The highest BCUT2D eigenvalue weighted by Crippen LogP contribution is 2.27. The Labute approximate surface area is 138 Å². The number of para-hydroxylation sites is 1. The van der Waals surface area contributed by atoms with Gasteiger partial charge < -0.3 is 9.64 Å². The lowest BCUT2D eigenvalue weighted by Crippen LogP contribution is -2.56. The molecule has 0 saturated carbocycles. The van der Waals surface area contributed by atoms with Gasteiger partial charge in [-0.1, -0.05) is 30.0 Å². The van der Waals surface area contributed by atoms with E-state index in [0.717, 1.165) is 21.2 Å². The fraction of sp³-hybridized carbons (Fsp3) is 0.375. The van der Waals surface area contributed by atoms with E-state index in [0.29, 0.717) is 18.8 Å². The zero-order valence-corrected chi connectivity index (χ0v) is 14.5. The zero-order valence-electron chi connectivity index (χ0n) is 12.8. The minimum Gasteiger partial charge on any atom is -0.486 e. The van der Waals surface area contributed by atoms with E-state index in [4.69, 9.17) is 4.74 Å². The van der Waals surface area contributed by atoms with Crippen molar-refractivity contribution >= 4 is 29.0 Å². The van der Waals surface area contributed by atoms with Crippen LogP contribution >= 0.6 is 23.1 Å². The van der Waals surface area contributed by atoms with Crippen LogP contribution in [0.15, 0.2) is 27.9 Å². The fourth-order valence-corrected chi connectivity index (χ4v) is 3.68. The molecule has 1 aliphatic rings. The van der Waals surface area contributed by atoms with E-state index in [9.17, 15) is 4.79 Å². The SMILES string of the molecule is CSc1nc(C(=O)N2CC(Oc3c(C)cccc3C)C2)cs1. The van der Waals surface area contributed by atoms with Gasteiger partial charge >= 0.3 is 0 Å². The second kappa shape index (κ2) is 6.30. The average Bonchev–Trinajstić information content (AvgIpc) is 2.93. The van der Waals surface area contributed by atoms with Gasteiger partial charge in [-0.2, -0.15) is 0 Å². The molecule has 0 N–H and O–H groups in total. The van der Waals surface area contributed by atoms with E-state index in [1.165, 1.54) is 11.3 Å². The third-order valence-corrected chi connectivity index (χ3v) is 5.57. The number of hydrogen-bond acceptors (Lipinski definition) is 5. The van der Waals surface area contributed by atoms with E-state index in [1.54, 1.807) is 16.7 Å². The van der Waals surface area contributed by atoms with Crippen LogP contribution in [0, 0.1) is 13.8 Å². The summed E-state index contributed by atoms with van der Waals surface area (Å²) in [5, 5.41) is 1.83. The second-order valence-corrected chi connectivity index (χ2v) is 7.29. The Hall–Kier alpha value is -1.53. The first-order valence-electron chi connectivity index (χ1n) is 7.10. The minimum atomic E-state index is -0.00194. The van der Waals surface area contributed by atoms with Crippen molar-refractivity contribution in [2.24, 2.45) is 0 Å². The second-order valence-electron chi connectivity index (χ2n) is 5.37. The van der Waals surface area contributed by atoms with E-state index in [2.05, 4.69) is 4.98 Å². The summed E-state index contributed by atoms with van der Waals surface area (Å²) in [6, 6.07) is 6.12. The number of likely N-dealkylation sites (tertiary alicyclic amines) is 1. The standard InChI is InChI=1S/C16H18N2O2S2/c1-10-5-4-6-11(2)14(10)20-12-7-18(8-12)15(19)13-9-22-16(17-13)21-3/h4-6,9,12H,7-8H2,1-3H3. The van der Waals surface area contributed by atoms with Crippen LogP contribution in [0.4, 0.5) is 0 Å². The van der Waals surface area contributed by atoms with Crippen molar-refractivity contribution in [3.05, 3.63) is 40.4 Å². The number of aromatic nitrogens is 1. The van der Waals surface area contributed by atoms with Gasteiger partial charge in [-0.05, 0) is 31.2 Å². The largest absolute Gasteiger partial charge is 0.486 e. The normalized spacial score (nSPS) is 14.8. The summed E-state index contributed by atoms with van der Waals surface area (Å²) < 4.78 is 6.96. The lowest BCUT2D eigenvalue weighted by molar-refractivity contribution is 0.0169. The van der Waals surface area contributed by atoms with Gasteiger partial charge in [0.15, 0.2) is 0 Å². The molecule has 0 spiro atoms. The molecule has 0 aliphatic carbocycles. The van der Waals surface area contributed by atoms with Crippen molar-refractivity contribution < 1.29 is 9.53 Å². The molecule has 1 fully saturated rings. The molecule has 2 aromatic rings. The number of thioether (sulfide) groups is 1. The number of thiazole rings is 1. The maximum absolute atomic E-state index is 12.3. The van der Waals surface area contributed by atoms with E-state index >= 15 is 0 Å². The Balaban J connectivity index is 1.59. The van der Waals surface area contributed by atoms with Crippen LogP contribution in [0.5, 0.6) is 5.75 Å². The highest BCUT2D eigenvalue weighted by atomic mass is 32.2. The van der Waals surface area contributed by atoms with Gasteiger partial charge in [-0.25, -0.2) is 4.98 Å². The van der Waals surface area contributed by atoms with Gasteiger partial charge in [0.25, 0.3) is 5.91 Å². The summed E-state index contributed by atoms with van der Waals surface area (Å²) in [7, 11) is 0. The number of nitrogens with zero attached hydrogens (tertiary/aromatic N) is 2. The Morgan fingerprint density at radius 3 is 2.64 bits per heavy atom. The van der Waals surface area contributed by atoms with Crippen molar-refractivity contribution in [2.75, 3.05) is 19.3 Å². The Morgan fingerprint density at radius 2 is 2.05 bits per heavy atom. The van der Waals surface area contributed by atoms with E-state index < -0.39 is 0 Å². The van der Waals surface area contributed by atoms with E-state index in [-0.39, 0.29) is 12.0 Å². The van der Waals surface area contributed by atoms with Crippen molar-refractivity contribution in [1.82, 2.24) is 9.88 Å². The lowest BCUT2D eigenvalue weighted by atomic mass is 10.1. The molecule has 1 aromatic heterocycles. The van der Waals surface area contributed by atoms with Gasteiger partial charge in [0.1, 0.15) is 21.9 Å².